The molecule has 1 fully saturated rings. The van der Waals surface area contributed by atoms with Gasteiger partial charge in [0.2, 0.25) is 5.91 Å². The Morgan fingerprint density at radius 2 is 2.08 bits per heavy atom. The van der Waals surface area contributed by atoms with Crippen molar-refractivity contribution in [1.29, 1.82) is 0 Å². The second kappa shape index (κ2) is 7.99. The van der Waals surface area contributed by atoms with E-state index >= 15 is 0 Å². The molecule has 0 unspecified atom stereocenters. The van der Waals surface area contributed by atoms with Crippen molar-refractivity contribution in [3.63, 3.8) is 0 Å². The standard InChI is InChI=1S/C18H24N4O3S/c1-11(2)22-17(12-5-6-12)20-21-18(22)26-10-16(23)19-14-8-7-13(24-3)9-15(14)25-4/h7-9,11-12H,5-6,10H2,1-4H3,(H,19,23). The zero-order valence-corrected chi connectivity index (χ0v) is 16.3. The lowest BCUT2D eigenvalue weighted by atomic mass is 10.2. The molecule has 140 valence electrons. The Balaban J connectivity index is 1.65. The molecule has 0 saturated heterocycles. The van der Waals surface area contributed by atoms with E-state index in [-0.39, 0.29) is 17.7 Å². The van der Waals surface area contributed by atoms with Gasteiger partial charge in [-0.3, -0.25) is 4.79 Å². The third-order valence-corrected chi connectivity index (χ3v) is 5.11. The fraction of sp³-hybridized carbons (Fsp3) is 0.500. The molecule has 2 aromatic rings. The smallest absolute Gasteiger partial charge is 0.234 e. The predicted octanol–water partition coefficient (Wildman–Crippen LogP) is 3.48. The number of ether oxygens (including phenoxy) is 2. The molecule has 1 aromatic heterocycles. The van der Waals surface area contributed by atoms with Crippen LogP contribution in [0, 0.1) is 0 Å². The van der Waals surface area contributed by atoms with Gasteiger partial charge in [0, 0.05) is 18.0 Å². The Morgan fingerprint density at radius 3 is 2.69 bits per heavy atom. The van der Waals surface area contributed by atoms with Gasteiger partial charge in [0.05, 0.1) is 25.7 Å². The van der Waals surface area contributed by atoms with Gasteiger partial charge in [-0.25, -0.2) is 0 Å². The van der Waals surface area contributed by atoms with E-state index in [2.05, 4.69) is 33.9 Å². The van der Waals surface area contributed by atoms with Crippen LogP contribution >= 0.6 is 11.8 Å². The first kappa shape index (κ1) is 18.6. The van der Waals surface area contributed by atoms with Crippen LogP contribution in [0.2, 0.25) is 0 Å². The van der Waals surface area contributed by atoms with Crippen LogP contribution in [-0.2, 0) is 4.79 Å². The lowest BCUT2D eigenvalue weighted by Gasteiger charge is -2.14. The largest absolute Gasteiger partial charge is 0.497 e. The minimum absolute atomic E-state index is 0.121. The van der Waals surface area contributed by atoms with E-state index in [4.69, 9.17) is 9.47 Å². The van der Waals surface area contributed by atoms with Gasteiger partial charge in [-0.15, -0.1) is 10.2 Å². The molecule has 1 N–H and O–H groups in total. The van der Waals surface area contributed by atoms with E-state index < -0.39 is 0 Å². The van der Waals surface area contributed by atoms with Crippen LogP contribution in [0.5, 0.6) is 11.5 Å². The molecule has 0 atom stereocenters. The molecule has 1 aliphatic rings. The second-order valence-corrected chi connectivity index (χ2v) is 7.42. The number of hydrogen-bond donors (Lipinski definition) is 1. The van der Waals surface area contributed by atoms with Gasteiger partial charge in [-0.05, 0) is 38.8 Å². The molecular weight excluding hydrogens is 352 g/mol. The number of nitrogens with one attached hydrogen (secondary N) is 1. The van der Waals surface area contributed by atoms with Crippen LogP contribution in [0.25, 0.3) is 0 Å². The molecule has 3 rings (SSSR count). The van der Waals surface area contributed by atoms with E-state index in [9.17, 15) is 4.79 Å². The van der Waals surface area contributed by atoms with E-state index in [0.29, 0.717) is 23.1 Å². The van der Waals surface area contributed by atoms with Crippen molar-refractivity contribution in [2.45, 2.75) is 43.8 Å². The number of hydrogen-bond acceptors (Lipinski definition) is 6. The van der Waals surface area contributed by atoms with Crippen LogP contribution in [0.3, 0.4) is 0 Å². The van der Waals surface area contributed by atoms with Gasteiger partial charge in [-0.2, -0.15) is 0 Å². The topological polar surface area (TPSA) is 78.3 Å². The fourth-order valence-corrected chi connectivity index (χ4v) is 3.58. The lowest BCUT2D eigenvalue weighted by Crippen LogP contribution is -2.15. The summed E-state index contributed by atoms with van der Waals surface area (Å²) in [6.07, 6.45) is 2.35. The van der Waals surface area contributed by atoms with Crippen molar-refractivity contribution in [3.05, 3.63) is 24.0 Å². The molecule has 1 aliphatic carbocycles. The number of thioether (sulfide) groups is 1. The number of benzene rings is 1. The minimum Gasteiger partial charge on any atom is -0.497 e. The Hall–Kier alpha value is -2.22. The van der Waals surface area contributed by atoms with Crippen LogP contribution in [0.15, 0.2) is 23.4 Å². The molecule has 0 spiro atoms. The Morgan fingerprint density at radius 1 is 1.31 bits per heavy atom. The van der Waals surface area contributed by atoms with E-state index in [0.717, 1.165) is 11.0 Å². The number of methoxy groups -OCH3 is 2. The molecule has 26 heavy (non-hydrogen) atoms. The number of amides is 1. The molecule has 7 nitrogen and oxygen atoms in total. The summed E-state index contributed by atoms with van der Waals surface area (Å²) in [7, 11) is 3.15. The molecule has 1 aromatic carbocycles. The number of carbonyl (C=O) groups is 1. The number of nitrogens with zero attached hydrogens (tertiary/aromatic N) is 3. The number of anilines is 1. The highest BCUT2D eigenvalue weighted by molar-refractivity contribution is 7.99. The highest BCUT2D eigenvalue weighted by Crippen LogP contribution is 2.41. The summed E-state index contributed by atoms with van der Waals surface area (Å²) in [5, 5.41) is 12.3. The van der Waals surface area contributed by atoms with Gasteiger partial charge in [-0.1, -0.05) is 11.8 Å². The SMILES string of the molecule is COc1ccc(NC(=O)CSc2nnc(C3CC3)n2C(C)C)c(OC)c1. The molecule has 0 radical (unpaired) electrons. The van der Waals surface area contributed by atoms with E-state index in [1.165, 1.54) is 24.6 Å². The van der Waals surface area contributed by atoms with Gasteiger partial charge < -0.3 is 19.4 Å². The summed E-state index contributed by atoms with van der Waals surface area (Å²) in [5.41, 5.74) is 0.614. The summed E-state index contributed by atoms with van der Waals surface area (Å²) in [5.74, 6) is 2.93. The monoisotopic (exact) mass is 376 g/mol. The van der Waals surface area contributed by atoms with Crippen molar-refractivity contribution < 1.29 is 14.3 Å². The summed E-state index contributed by atoms with van der Waals surface area (Å²) in [4.78, 5) is 12.4. The minimum atomic E-state index is -0.121. The van der Waals surface area contributed by atoms with Crippen LogP contribution in [0.1, 0.15) is 44.5 Å². The predicted molar refractivity (Wildman–Crippen MR) is 101 cm³/mol. The van der Waals surface area contributed by atoms with Crippen molar-refractivity contribution in [3.8, 4) is 11.5 Å². The third-order valence-electron chi connectivity index (χ3n) is 4.16. The molecule has 1 saturated carbocycles. The maximum atomic E-state index is 12.4. The Kier molecular flexibility index (Phi) is 5.70. The van der Waals surface area contributed by atoms with Gasteiger partial charge in [0.25, 0.3) is 0 Å². The fourth-order valence-electron chi connectivity index (χ4n) is 2.71. The molecule has 8 heteroatoms. The highest BCUT2D eigenvalue weighted by Gasteiger charge is 2.31. The molecule has 1 heterocycles. The summed E-state index contributed by atoms with van der Waals surface area (Å²) < 4.78 is 12.6. The first-order valence-electron chi connectivity index (χ1n) is 8.63. The average Bonchev–Trinajstić information content (AvgIpc) is 3.39. The molecule has 0 aliphatic heterocycles. The third kappa shape index (κ3) is 4.12. The zero-order valence-electron chi connectivity index (χ0n) is 15.5. The molecular formula is C18H24N4O3S. The quantitative estimate of drug-likeness (QED) is 0.711. The second-order valence-electron chi connectivity index (χ2n) is 6.48. The number of rotatable bonds is 8. The van der Waals surface area contributed by atoms with Crippen LogP contribution < -0.4 is 14.8 Å². The lowest BCUT2D eigenvalue weighted by molar-refractivity contribution is -0.113. The first-order valence-corrected chi connectivity index (χ1v) is 9.61. The molecule has 0 bridgehead atoms. The summed E-state index contributed by atoms with van der Waals surface area (Å²) in [6, 6.07) is 5.55. The van der Waals surface area contributed by atoms with E-state index in [1.807, 2.05) is 0 Å². The van der Waals surface area contributed by atoms with Gasteiger partial charge in [0.1, 0.15) is 17.3 Å². The first-order chi connectivity index (χ1) is 12.5. The normalized spacial score (nSPS) is 13.7. The molecule has 1 amide bonds. The highest BCUT2D eigenvalue weighted by atomic mass is 32.2. The number of carbonyl (C=O) groups excluding carboxylic acids is 1. The van der Waals surface area contributed by atoms with E-state index in [1.54, 1.807) is 32.4 Å². The number of aromatic nitrogens is 3. The van der Waals surface area contributed by atoms with Gasteiger partial charge in [0.15, 0.2) is 5.16 Å². The Bertz CT molecular complexity index is 787. The van der Waals surface area contributed by atoms with Crippen molar-refractivity contribution in [2.24, 2.45) is 0 Å². The summed E-state index contributed by atoms with van der Waals surface area (Å²) >= 11 is 1.40. The summed E-state index contributed by atoms with van der Waals surface area (Å²) in [6.45, 7) is 4.23. The maximum Gasteiger partial charge on any atom is 0.234 e. The zero-order chi connectivity index (χ0) is 18.7. The van der Waals surface area contributed by atoms with Crippen molar-refractivity contribution in [1.82, 2.24) is 14.8 Å². The average molecular weight is 376 g/mol. The van der Waals surface area contributed by atoms with Crippen LogP contribution in [0.4, 0.5) is 5.69 Å². The maximum absolute atomic E-state index is 12.4. The van der Waals surface area contributed by atoms with Gasteiger partial charge >= 0.3 is 0 Å². The van der Waals surface area contributed by atoms with Crippen molar-refractivity contribution >= 4 is 23.4 Å². The van der Waals surface area contributed by atoms with Crippen LogP contribution in [-0.4, -0.2) is 40.6 Å². The Labute approximate surface area is 157 Å². The van der Waals surface area contributed by atoms with Crippen molar-refractivity contribution in [2.75, 3.05) is 25.3 Å².